The molecular weight excluding hydrogens is 322 g/mol. The Morgan fingerprint density at radius 1 is 1.27 bits per heavy atom. The minimum Gasteiger partial charge on any atom is -0.497 e. The quantitative estimate of drug-likeness (QED) is 0.859. The number of morpholine rings is 1. The molecule has 1 aromatic carbocycles. The molecule has 1 fully saturated rings. The monoisotopic (exact) mass is 339 g/mol. The number of ether oxygens (including phenoxy) is 2. The van der Waals surface area contributed by atoms with Gasteiger partial charge in [-0.05, 0) is 29.1 Å². The second kappa shape index (κ2) is 6.37. The molecule has 0 N–H and O–H groups in total. The van der Waals surface area contributed by atoms with Crippen LogP contribution >= 0.6 is 11.3 Å². The molecule has 1 saturated heterocycles. The number of sulfonamides is 1. The van der Waals surface area contributed by atoms with E-state index >= 15 is 0 Å². The molecule has 118 valence electrons. The zero-order valence-corrected chi connectivity index (χ0v) is 13.8. The summed E-state index contributed by atoms with van der Waals surface area (Å²) < 4.78 is 37.9. The van der Waals surface area contributed by atoms with E-state index in [9.17, 15) is 8.42 Å². The van der Waals surface area contributed by atoms with Crippen molar-refractivity contribution in [3.05, 3.63) is 47.3 Å². The van der Waals surface area contributed by atoms with Gasteiger partial charge in [-0.25, -0.2) is 8.42 Å². The van der Waals surface area contributed by atoms with Crippen LogP contribution in [0, 0.1) is 0 Å². The van der Waals surface area contributed by atoms with E-state index in [1.807, 2.05) is 24.3 Å². The molecular formula is C15H17NO4S2. The van der Waals surface area contributed by atoms with E-state index in [0.29, 0.717) is 23.9 Å². The largest absolute Gasteiger partial charge is 0.497 e. The maximum absolute atomic E-state index is 12.6. The van der Waals surface area contributed by atoms with E-state index in [4.69, 9.17) is 9.47 Å². The minimum absolute atomic E-state index is 0.255. The van der Waals surface area contributed by atoms with Crippen molar-refractivity contribution in [2.75, 3.05) is 26.8 Å². The van der Waals surface area contributed by atoms with Crippen molar-refractivity contribution in [1.82, 2.24) is 4.31 Å². The van der Waals surface area contributed by atoms with Gasteiger partial charge in [0.05, 0.1) is 19.8 Å². The molecule has 1 aliphatic heterocycles. The molecule has 22 heavy (non-hydrogen) atoms. The fourth-order valence-electron chi connectivity index (χ4n) is 2.40. The maximum atomic E-state index is 12.6. The van der Waals surface area contributed by atoms with Crippen LogP contribution in [-0.2, 0) is 14.8 Å². The number of hydrogen-bond acceptors (Lipinski definition) is 5. The van der Waals surface area contributed by atoms with Crippen molar-refractivity contribution < 1.29 is 17.9 Å². The normalized spacial score (nSPS) is 20.0. The Morgan fingerprint density at radius 3 is 2.68 bits per heavy atom. The van der Waals surface area contributed by atoms with Gasteiger partial charge in [0.2, 0.25) is 0 Å². The summed E-state index contributed by atoms with van der Waals surface area (Å²) in [6.45, 7) is 1.10. The van der Waals surface area contributed by atoms with Gasteiger partial charge in [0.25, 0.3) is 10.0 Å². The Kier molecular flexibility index (Phi) is 4.49. The number of methoxy groups -OCH3 is 1. The smallest absolute Gasteiger partial charge is 0.252 e. The Labute approximate surface area is 134 Å². The van der Waals surface area contributed by atoms with Crippen molar-refractivity contribution in [3.63, 3.8) is 0 Å². The van der Waals surface area contributed by atoms with Crippen molar-refractivity contribution in [2.45, 2.75) is 10.3 Å². The van der Waals surface area contributed by atoms with Crippen LogP contribution in [0.25, 0.3) is 0 Å². The molecule has 0 radical (unpaired) electrons. The summed E-state index contributed by atoms with van der Waals surface area (Å²) in [5.74, 6) is 0.766. The molecule has 2 aromatic rings. The molecule has 1 aliphatic rings. The van der Waals surface area contributed by atoms with Gasteiger partial charge < -0.3 is 9.47 Å². The number of benzene rings is 1. The first kappa shape index (κ1) is 15.5. The van der Waals surface area contributed by atoms with Gasteiger partial charge >= 0.3 is 0 Å². The van der Waals surface area contributed by atoms with Crippen LogP contribution in [0.1, 0.15) is 11.7 Å². The van der Waals surface area contributed by atoms with Crippen LogP contribution in [0.4, 0.5) is 0 Å². The van der Waals surface area contributed by atoms with Gasteiger partial charge in [-0.3, -0.25) is 0 Å². The van der Waals surface area contributed by atoms with Gasteiger partial charge in [-0.15, -0.1) is 11.3 Å². The fraction of sp³-hybridized carbons (Fsp3) is 0.333. The Hall–Kier alpha value is -1.41. The highest BCUT2D eigenvalue weighted by molar-refractivity contribution is 7.91. The van der Waals surface area contributed by atoms with Crippen molar-refractivity contribution in [2.24, 2.45) is 0 Å². The third-order valence-corrected chi connectivity index (χ3v) is 6.84. The molecule has 1 atom stereocenters. The first-order valence-electron chi connectivity index (χ1n) is 6.90. The topological polar surface area (TPSA) is 55.8 Å². The number of thiophene rings is 1. The average molecular weight is 339 g/mol. The van der Waals surface area contributed by atoms with Gasteiger partial charge in [-0.2, -0.15) is 4.31 Å². The highest BCUT2D eigenvalue weighted by atomic mass is 32.2. The molecule has 1 aromatic heterocycles. The van der Waals surface area contributed by atoms with Crippen LogP contribution in [0.5, 0.6) is 5.75 Å². The number of rotatable bonds is 4. The molecule has 0 bridgehead atoms. The summed E-state index contributed by atoms with van der Waals surface area (Å²) in [5, 5.41) is 1.77. The SMILES string of the molecule is COc1ccc(C2CN(S(=O)(=O)c3cccs3)CCO2)cc1. The van der Waals surface area contributed by atoms with Crippen molar-refractivity contribution >= 4 is 21.4 Å². The van der Waals surface area contributed by atoms with E-state index in [2.05, 4.69) is 0 Å². The Morgan fingerprint density at radius 2 is 2.05 bits per heavy atom. The summed E-state index contributed by atoms with van der Waals surface area (Å²) in [6.07, 6.45) is -0.255. The fourth-order valence-corrected chi connectivity index (χ4v) is 4.97. The first-order chi connectivity index (χ1) is 10.6. The maximum Gasteiger partial charge on any atom is 0.252 e. The van der Waals surface area contributed by atoms with Crippen LogP contribution in [0.15, 0.2) is 46.0 Å². The zero-order valence-electron chi connectivity index (χ0n) is 12.1. The van der Waals surface area contributed by atoms with Crippen molar-refractivity contribution in [1.29, 1.82) is 0 Å². The van der Waals surface area contributed by atoms with E-state index in [-0.39, 0.29) is 6.10 Å². The van der Waals surface area contributed by atoms with Gasteiger partial charge in [0.1, 0.15) is 9.96 Å². The molecule has 1 unspecified atom stereocenters. The van der Waals surface area contributed by atoms with Gasteiger partial charge in [0.15, 0.2) is 0 Å². The summed E-state index contributed by atoms with van der Waals surface area (Å²) in [4.78, 5) is 0. The second-order valence-electron chi connectivity index (χ2n) is 4.93. The lowest BCUT2D eigenvalue weighted by Crippen LogP contribution is -2.41. The molecule has 0 saturated carbocycles. The van der Waals surface area contributed by atoms with E-state index in [1.165, 1.54) is 15.6 Å². The molecule has 3 rings (SSSR count). The zero-order chi connectivity index (χ0) is 15.6. The first-order valence-corrected chi connectivity index (χ1v) is 9.22. The molecule has 2 heterocycles. The van der Waals surface area contributed by atoms with E-state index in [0.717, 1.165) is 11.3 Å². The second-order valence-corrected chi connectivity index (χ2v) is 8.04. The summed E-state index contributed by atoms with van der Waals surface area (Å²) in [7, 11) is -1.81. The van der Waals surface area contributed by atoms with Crippen LogP contribution < -0.4 is 4.74 Å². The molecule has 5 nitrogen and oxygen atoms in total. The number of hydrogen-bond donors (Lipinski definition) is 0. The lowest BCUT2D eigenvalue weighted by Gasteiger charge is -2.32. The third kappa shape index (κ3) is 3.03. The predicted octanol–water partition coefficient (Wildman–Crippen LogP) is 2.52. The summed E-state index contributed by atoms with van der Waals surface area (Å²) in [6, 6.07) is 10.9. The van der Waals surface area contributed by atoms with Crippen molar-refractivity contribution in [3.8, 4) is 5.75 Å². The molecule has 0 amide bonds. The molecule has 0 spiro atoms. The van der Waals surface area contributed by atoms with Crippen LogP contribution in [0.2, 0.25) is 0 Å². The lowest BCUT2D eigenvalue weighted by molar-refractivity contribution is -0.00251. The predicted molar refractivity (Wildman–Crippen MR) is 84.8 cm³/mol. The van der Waals surface area contributed by atoms with Gasteiger partial charge in [-0.1, -0.05) is 18.2 Å². The summed E-state index contributed by atoms with van der Waals surface area (Å²) in [5.41, 5.74) is 0.951. The Bertz CT molecular complexity index is 711. The third-order valence-electron chi connectivity index (χ3n) is 3.61. The average Bonchev–Trinajstić information content (AvgIpc) is 3.10. The standard InChI is InChI=1S/C15H17NO4S2/c1-19-13-6-4-12(5-7-13)14-11-16(8-9-20-14)22(17,18)15-3-2-10-21-15/h2-7,10,14H,8-9,11H2,1H3. The highest BCUT2D eigenvalue weighted by Gasteiger charge is 2.32. The van der Waals surface area contributed by atoms with E-state index in [1.54, 1.807) is 24.6 Å². The summed E-state index contributed by atoms with van der Waals surface area (Å²) >= 11 is 1.24. The highest BCUT2D eigenvalue weighted by Crippen LogP contribution is 2.28. The Balaban J connectivity index is 1.79. The molecule has 0 aliphatic carbocycles. The van der Waals surface area contributed by atoms with Crippen LogP contribution in [0.3, 0.4) is 0 Å². The lowest BCUT2D eigenvalue weighted by atomic mass is 10.1. The number of nitrogens with zero attached hydrogens (tertiary/aromatic N) is 1. The van der Waals surface area contributed by atoms with Gasteiger partial charge in [0, 0.05) is 13.1 Å². The minimum atomic E-state index is -3.43. The van der Waals surface area contributed by atoms with E-state index < -0.39 is 10.0 Å². The van der Waals surface area contributed by atoms with Crippen LogP contribution in [-0.4, -0.2) is 39.5 Å². The molecule has 7 heteroatoms.